The molecule has 0 bridgehead atoms. The van der Waals surface area contributed by atoms with E-state index in [-0.39, 0.29) is 12.0 Å². The van der Waals surface area contributed by atoms with E-state index in [4.69, 9.17) is 9.47 Å². The molecule has 1 aromatic rings. The molecule has 1 saturated carbocycles. The molecule has 7 heteroatoms. The van der Waals surface area contributed by atoms with E-state index in [1.54, 1.807) is 16.3 Å². The molecule has 0 aromatic carbocycles. The Morgan fingerprint density at radius 3 is 2.89 bits per heavy atom. The minimum atomic E-state index is -0.0924. The average Bonchev–Trinajstić information content (AvgIpc) is 3.16. The largest absolute Gasteiger partial charge is 0.353 e. The Bertz CT molecular complexity index is 449. The van der Waals surface area contributed by atoms with Gasteiger partial charge in [0.25, 0.3) is 0 Å². The smallest absolute Gasteiger partial charge is 0.344 e. The SMILES string of the molecule is O=c1[nH]nc(SCCC2OCCCO2)n1C1CC1. The third-order valence-corrected chi connectivity index (χ3v) is 4.05. The van der Waals surface area contributed by atoms with Crippen LogP contribution in [0.4, 0.5) is 0 Å². The highest BCUT2D eigenvalue weighted by Gasteiger charge is 2.28. The number of hydrogen-bond acceptors (Lipinski definition) is 5. The topological polar surface area (TPSA) is 69.1 Å². The van der Waals surface area contributed by atoms with Crippen LogP contribution in [0.5, 0.6) is 0 Å². The van der Waals surface area contributed by atoms with Crippen molar-refractivity contribution in [2.45, 2.75) is 43.2 Å². The molecule has 18 heavy (non-hydrogen) atoms. The second-order valence-corrected chi connectivity index (χ2v) is 5.64. The first-order valence-corrected chi connectivity index (χ1v) is 7.36. The van der Waals surface area contributed by atoms with Gasteiger partial charge >= 0.3 is 5.69 Å². The van der Waals surface area contributed by atoms with Crippen LogP contribution < -0.4 is 5.69 Å². The van der Waals surface area contributed by atoms with Crippen LogP contribution in [0.2, 0.25) is 0 Å². The third-order valence-electron chi connectivity index (χ3n) is 3.06. The number of nitrogens with one attached hydrogen (secondary N) is 1. The Morgan fingerprint density at radius 1 is 1.39 bits per heavy atom. The van der Waals surface area contributed by atoms with Crippen LogP contribution >= 0.6 is 11.8 Å². The summed E-state index contributed by atoms with van der Waals surface area (Å²) in [6, 6.07) is 0.362. The fourth-order valence-electron chi connectivity index (χ4n) is 2.00. The number of hydrogen-bond donors (Lipinski definition) is 1. The van der Waals surface area contributed by atoms with Crippen LogP contribution in [0.25, 0.3) is 0 Å². The molecule has 2 fully saturated rings. The van der Waals surface area contributed by atoms with Gasteiger partial charge in [0.15, 0.2) is 11.4 Å². The third kappa shape index (κ3) is 2.78. The highest BCUT2D eigenvalue weighted by molar-refractivity contribution is 7.99. The monoisotopic (exact) mass is 271 g/mol. The molecule has 1 aliphatic carbocycles. The van der Waals surface area contributed by atoms with E-state index >= 15 is 0 Å². The fourth-order valence-corrected chi connectivity index (χ4v) is 2.97. The Balaban J connectivity index is 1.52. The molecular formula is C11H17N3O3S. The number of aromatic nitrogens is 3. The van der Waals surface area contributed by atoms with Gasteiger partial charge in [0.2, 0.25) is 0 Å². The van der Waals surface area contributed by atoms with Crippen molar-refractivity contribution in [2.75, 3.05) is 19.0 Å². The summed E-state index contributed by atoms with van der Waals surface area (Å²) in [7, 11) is 0. The number of nitrogens with zero attached hydrogens (tertiary/aromatic N) is 2. The Kier molecular flexibility index (Phi) is 3.72. The van der Waals surface area contributed by atoms with Crippen LogP contribution in [-0.4, -0.2) is 40.0 Å². The summed E-state index contributed by atoms with van der Waals surface area (Å²) in [6.07, 6.45) is 3.89. The van der Waals surface area contributed by atoms with E-state index in [0.29, 0.717) is 6.04 Å². The van der Waals surface area contributed by atoms with Gasteiger partial charge in [-0.2, -0.15) is 0 Å². The molecule has 1 N–H and O–H groups in total. The maximum absolute atomic E-state index is 11.6. The van der Waals surface area contributed by atoms with Crippen molar-refractivity contribution in [3.05, 3.63) is 10.5 Å². The normalized spacial score (nSPS) is 21.3. The molecule has 3 rings (SSSR count). The van der Waals surface area contributed by atoms with E-state index < -0.39 is 0 Å². The number of ether oxygens (including phenoxy) is 2. The Hall–Kier alpha value is -0.790. The van der Waals surface area contributed by atoms with Gasteiger partial charge in [-0.05, 0) is 19.3 Å². The first-order chi connectivity index (χ1) is 8.84. The first-order valence-electron chi connectivity index (χ1n) is 6.37. The predicted octanol–water partition coefficient (Wildman–Crippen LogP) is 1.15. The quantitative estimate of drug-likeness (QED) is 0.814. The van der Waals surface area contributed by atoms with Gasteiger partial charge in [0.1, 0.15) is 0 Å². The van der Waals surface area contributed by atoms with Crippen molar-refractivity contribution < 1.29 is 9.47 Å². The fraction of sp³-hybridized carbons (Fsp3) is 0.818. The first kappa shape index (κ1) is 12.3. The zero-order chi connectivity index (χ0) is 12.4. The molecule has 0 radical (unpaired) electrons. The summed E-state index contributed by atoms with van der Waals surface area (Å²) in [5.74, 6) is 0.849. The van der Waals surface area contributed by atoms with Gasteiger partial charge in [-0.1, -0.05) is 11.8 Å². The lowest BCUT2D eigenvalue weighted by atomic mass is 10.4. The van der Waals surface area contributed by atoms with Crippen molar-refractivity contribution in [1.82, 2.24) is 14.8 Å². The minimum absolute atomic E-state index is 0.0914. The molecule has 6 nitrogen and oxygen atoms in total. The maximum atomic E-state index is 11.6. The summed E-state index contributed by atoms with van der Waals surface area (Å²) in [6.45, 7) is 1.56. The molecule has 0 atom stereocenters. The van der Waals surface area contributed by atoms with Gasteiger partial charge in [-0.25, -0.2) is 9.89 Å². The van der Waals surface area contributed by atoms with E-state index in [0.717, 1.165) is 49.8 Å². The van der Waals surface area contributed by atoms with Gasteiger partial charge in [-0.3, -0.25) is 4.57 Å². The molecule has 0 unspecified atom stereocenters. The van der Waals surface area contributed by atoms with Crippen molar-refractivity contribution in [3.8, 4) is 0 Å². The van der Waals surface area contributed by atoms with E-state index in [2.05, 4.69) is 10.2 Å². The molecule has 2 aliphatic rings. The highest BCUT2D eigenvalue weighted by atomic mass is 32.2. The lowest BCUT2D eigenvalue weighted by Gasteiger charge is -2.22. The summed E-state index contributed by atoms with van der Waals surface area (Å²) < 4.78 is 12.7. The number of rotatable bonds is 5. The summed E-state index contributed by atoms with van der Waals surface area (Å²) >= 11 is 1.59. The zero-order valence-corrected chi connectivity index (χ0v) is 10.9. The maximum Gasteiger partial charge on any atom is 0.344 e. The van der Waals surface area contributed by atoms with E-state index in [1.807, 2.05) is 0 Å². The van der Waals surface area contributed by atoms with E-state index in [9.17, 15) is 4.79 Å². The van der Waals surface area contributed by atoms with Crippen LogP contribution in [0.3, 0.4) is 0 Å². The van der Waals surface area contributed by atoms with Crippen LogP contribution in [-0.2, 0) is 9.47 Å². The van der Waals surface area contributed by atoms with Crippen LogP contribution in [0.1, 0.15) is 31.7 Å². The van der Waals surface area contributed by atoms with Crippen molar-refractivity contribution in [3.63, 3.8) is 0 Å². The molecule has 0 amide bonds. The summed E-state index contributed by atoms with van der Waals surface area (Å²) in [4.78, 5) is 11.6. The van der Waals surface area contributed by atoms with Crippen molar-refractivity contribution in [2.24, 2.45) is 0 Å². The zero-order valence-electron chi connectivity index (χ0n) is 10.1. The standard InChI is InChI=1S/C11H17N3O3S/c15-10-12-13-11(14(10)8-2-3-8)18-7-4-9-16-5-1-6-17-9/h8-9H,1-7H2,(H,12,15). The Morgan fingerprint density at radius 2 is 2.17 bits per heavy atom. The molecule has 1 aromatic heterocycles. The van der Waals surface area contributed by atoms with Gasteiger partial charge < -0.3 is 9.47 Å². The van der Waals surface area contributed by atoms with Crippen LogP contribution in [0, 0.1) is 0 Å². The number of aromatic amines is 1. The number of thioether (sulfide) groups is 1. The Labute approximate surface area is 109 Å². The predicted molar refractivity (Wildman–Crippen MR) is 66.8 cm³/mol. The molecule has 1 saturated heterocycles. The second kappa shape index (κ2) is 5.46. The molecule has 100 valence electrons. The van der Waals surface area contributed by atoms with Gasteiger partial charge in [0.05, 0.1) is 13.2 Å². The lowest BCUT2D eigenvalue weighted by molar-refractivity contribution is -0.178. The summed E-state index contributed by atoms with van der Waals surface area (Å²) in [5, 5.41) is 7.38. The molecule has 2 heterocycles. The minimum Gasteiger partial charge on any atom is -0.353 e. The van der Waals surface area contributed by atoms with Crippen molar-refractivity contribution in [1.29, 1.82) is 0 Å². The number of H-pyrrole nitrogens is 1. The second-order valence-electron chi connectivity index (χ2n) is 4.57. The average molecular weight is 271 g/mol. The van der Waals surface area contributed by atoms with Crippen LogP contribution in [0.15, 0.2) is 9.95 Å². The highest BCUT2D eigenvalue weighted by Crippen LogP contribution is 2.36. The van der Waals surface area contributed by atoms with Crippen molar-refractivity contribution >= 4 is 11.8 Å². The van der Waals surface area contributed by atoms with E-state index in [1.165, 1.54) is 0 Å². The van der Waals surface area contributed by atoms with Gasteiger partial charge in [-0.15, -0.1) is 5.10 Å². The lowest BCUT2D eigenvalue weighted by Crippen LogP contribution is -2.25. The molecule has 1 aliphatic heterocycles. The molecular weight excluding hydrogens is 254 g/mol. The summed E-state index contributed by atoms with van der Waals surface area (Å²) in [5.41, 5.74) is -0.0924. The molecule has 0 spiro atoms. The van der Waals surface area contributed by atoms with Gasteiger partial charge in [0, 0.05) is 18.2 Å².